The third-order valence-electron chi connectivity index (χ3n) is 3.41. The van der Waals surface area contributed by atoms with Gasteiger partial charge in [-0.3, -0.25) is 0 Å². The highest BCUT2D eigenvalue weighted by atomic mass is 32.2. The molecule has 2 rings (SSSR count). The number of rotatable bonds is 8. The van der Waals surface area contributed by atoms with Crippen LogP contribution in [0.5, 0.6) is 11.5 Å². The van der Waals surface area contributed by atoms with E-state index in [0.29, 0.717) is 18.1 Å². The van der Waals surface area contributed by atoms with Gasteiger partial charge in [0.15, 0.2) is 0 Å². The Kier molecular flexibility index (Phi) is 6.20. The molecule has 0 radical (unpaired) electrons. The van der Waals surface area contributed by atoms with Crippen LogP contribution in [0, 0.1) is 5.92 Å². The Balaban J connectivity index is 2.38. The second-order valence-electron chi connectivity index (χ2n) is 5.69. The Morgan fingerprint density at radius 3 is 2.54 bits per heavy atom. The van der Waals surface area contributed by atoms with E-state index in [2.05, 4.69) is 9.71 Å². The first kappa shape index (κ1) is 18.7. The van der Waals surface area contributed by atoms with Crippen molar-refractivity contribution in [2.24, 2.45) is 5.92 Å². The van der Waals surface area contributed by atoms with Crippen LogP contribution in [0.2, 0.25) is 0 Å². The number of ether oxygens (including phenoxy) is 2. The van der Waals surface area contributed by atoms with E-state index in [-0.39, 0.29) is 16.7 Å². The molecule has 0 aliphatic rings. The summed E-state index contributed by atoms with van der Waals surface area (Å²) in [6.45, 7) is 4.09. The first-order valence-electron chi connectivity index (χ1n) is 7.51. The second-order valence-corrected chi connectivity index (χ2v) is 8.30. The number of hydrogen-bond acceptors (Lipinski definition) is 6. The summed E-state index contributed by atoms with van der Waals surface area (Å²) in [5.74, 6) is 1.03. The normalized spacial score (nSPS) is 13.0. The predicted molar refractivity (Wildman–Crippen MR) is 94.2 cm³/mol. The maximum Gasteiger partial charge on any atom is 0.245 e. The van der Waals surface area contributed by atoms with Crippen molar-refractivity contribution < 1.29 is 17.9 Å². The molecule has 1 atom stereocenters. The van der Waals surface area contributed by atoms with E-state index in [1.165, 1.54) is 31.6 Å². The third-order valence-corrected chi connectivity index (χ3v) is 5.80. The summed E-state index contributed by atoms with van der Waals surface area (Å²) in [5.41, 5.74) is 0. The van der Waals surface area contributed by atoms with Crippen molar-refractivity contribution in [3.05, 3.63) is 34.8 Å². The third kappa shape index (κ3) is 4.46. The van der Waals surface area contributed by atoms with Gasteiger partial charge in [-0.1, -0.05) is 13.8 Å². The Labute approximate surface area is 146 Å². The molecule has 1 aromatic carbocycles. The van der Waals surface area contributed by atoms with E-state index < -0.39 is 10.0 Å². The number of thiazole rings is 1. The van der Waals surface area contributed by atoms with Gasteiger partial charge < -0.3 is 9.47 Å². The van der Waals surface area contributed by atoms with Crippen LogP contribution < -0.4 is 14.2 Å². The van der Waals surface area contributed by atoms with Gasteiger partial charge in [-0.25, -0.2) is 18.1 Å². The van der Waals surface area contributed by atoms with Crippen LogP contribution in [0.3, 0.4) is 0 Å². The SMILES string of the molecule is COc1ccc(OC)c(S(=O)(=O)NC(CC(C)C)c2nccs2)c1. The van der Waals surface area contributed by atoms with E-state index in [1.54, 1.807) is 18.3 Å². The molecule has 0 spiro atoms. The molecule has 24 heavy (non-hydrogen) atoms. The van der Waals surface area contributed by atoms with Crippen LogP contribution >= 0.6 is 11.3 Å². The lowest BCUT2D eigenvalue weighted by molar-refractivity contribution is 0.391. The summed E-state index contributed by atoms with van der Waals surface area (Å²) in [7, 11) is -0.868. The molecule has 8 heteroatoms. The molecule has 2 aromatic rings. The largest absolute Gasteiger partial charge is 0.497 e. The Morgan fingerprint density at radius 1 is 1.25 bits per heavy atom. The van der Waals surface area contributed by atoms with Gasteiger partial charge in [0.25, 0.3) is 0 Å². The van der Waals surface area contributed by atoms with Crippen molar-refractivity contribution in [3.63, 3.8) is 0 Å². The summed E-state index contributed by atoms with van der Waals surface area (Å²) in [5, 5.41) is 2.58. The number of hydrogen-bond donors (Lipinski definition) is 1. The van der Waals surface area contributed by atoms with Gasteiger partial charge in [-0.2, -0.15) is 0 Å². The van der Waals surface area contributed by atoms with Crippen molar-refractivity contribution in [1.82, 2.24) is 9.71 Å². The molecule has 0 saturated heterocycles. The zero-order chi connectivity index (χ0) is 17.7. The van der Waals surface area contributed by atoms with Crippen LogP contribution in [0.4, 0.5) is 0 Å². The molecule has 1 aromatic heterocycles. The molecule has 132 valence electrons. The maximum absolute atomic E-state index is 12.9. The highest BCUT2D eigenvalue weighted by molar-refractivity contribution is 7.89. The van der Waals surface area contributed by atoms with E-state index in [4.69, 9.17) is 9.47 Å². The van der Waals surface area contributed by atoms with Gasteiger partial charge in [0.2, 0.25) is 10.0 Å². The molecule has 1 N–H and O–H groups in total. The van der Waals surface area contributed by atoms with E-state index in [1.807, 2.05) is 19.2 Å². The highest BCUT2D eigenvalue weighted by Crippen LogP contribution is 2.31. The summed E-state index contributed by atoms with van der Waals surface area (Å²) in [6.07, 6.45) is 2.33. The summed E-state index contributed by atoms with van der Waals surface area (Å²) < 4.78 is 38.9. The number of methoxy groups -OCH3 is 2. The number of sulfonamides is 1. The monoisotopic (exact) mass is 370 g/mol. The average Bonchev–Trinajstić information content (AvgIpc) is 3.07. The Hall–Kier alpha value is -1.64. The Morgan fingerprint density at radius 2 is 2.00 bits per heavy atom. The second kappa shape index (κ2) is 7.96. The molecular weight excluding hydrogens is 348 g/mol. The molecule has 1 heterocycles. The summed E-state index contributed by atoms with van der Waals surface area (Å²) in [6, 6.07) is 4.31. The molecule has 0 aliphatic heterocycles. The predicted octanol–water partition coefficient (Wildman–Crippen LogP) is 3.23. The molecule has 0 bridgehead atoms. The minimum Gasteiger partial charge on any atom is -0.497 e. The number of benzene rings is 1. The van der Waals surface area contributed by atoms with Crippen molar-refractivity contribution in [2.45, 2.75) is 31.2 Å². The molecule has 6 nitrogen and oxygen atoms in total. The number of nitrogens with one attached hydrogen (secondary N) is 1. The molecule has 0 amide bonds. The lowest BCUT2D eigenvalue weighted by atomic mass is 10.1. The van der Waals surface area contributed by atoms with Crippen LogP contribution in [0.15, 0.2) is 34.7 Å². The highest BCUT2D eigenvalue weighted by Gasteiger charge is 2.27. The lowest BCUT2D eigenvalue weighted by Crippen LogP contribution is -2.30. The fourth-order valence-electron chi connectivity index (χ4n) is 2.32. The van der Waals surface area contributed by atoms with E-state index >= 15 is 0 Å². The minimum atomic E-state index is -3.79. The van der Waals surface area contributed by atoms with Gasteiger partial charge in [-0.15, -0.1) is 11.3 Å². The molecule has 1 unspecified atom stereocenters. The van der Waals surface area contributed by atoms with Crippen LogP contribution in [-0.4, -0.2) is 27.6 Å². The minimum absolute atomic E-state index is 0.0506. The Bertz CT molecular complexity index is 758. The van der Waals surface area contributed by atoms with Gasteiger partial charge in [-0.05, 0) is 24.5 Å². The quantitative estimate of drug-likeness (QED) is 0.772. The van der Waals surface area contributed by atoms with E-state index in [9.17, 15) is 8.42 Å². The average molecular weight is 370 g/mol. The van der Waals surface area contributed by atoms with Gasteiger partial charge in [0.1, 0.15) is 21.4 Å². The first-order chi connectivity index (χ1) is 11.4. The van der Waals surface area contributed by atoms with Gasteiger partial charge in [0, 0.05) is 17.6 Å². The smallest absolute Gasteiger partial charge is 0.245 e. The fraction of sp³-hybridized carbons (Fsp3) is 0.438. The number of nitrogens with zero attached hydrogens (tertiary/aromatic N) is 1. The first-order valence-corrected chi connectivity index (χ1v) is 9.87. The molecule has 0 aliphatic carbocycles. The maximum atomic E-state index is 12.9. The van der Waals surface area contributed by atoms with Gasteiger partial charge in [0.05, 0.1) is 20.3 Å². The molecule has 0 saturated carbocycles. The van der Waals surface area contributed by atoms with Crippen LogP contribution in [0.25, 0.3) is 0 Å². The van der Waals surface area contributed by atoms with Crippen LogP contribution in [-0.2, 0) is 10.0 Å². The van der Waals surface area contributed by atoms with Crippen molar-refractivity contribution in [2.75, 3.05) is 14.2 Å². The standard InChI is InChI=1S/C16H22N2O4S2/c1-11(2)9-13(16-17-7-8-23-16)18-24(19,20)15-10-12(21-3)5-6-14(15)22-4/h5-8,10-11,13,18H,9H2,1-4H3. The van der Waals surface area contributed by atoms with Crippen LogP contribution in [0.1, 0.15) is 31.3 Å². The zero-order valence-electron chi connectivity index (χ0n) is 14.1. The van der Waals surface area contributed by atoms with E-state index in [0.717, 1.165) is 5.01 Å². The van der Waals surface area contributed by atoms with Gasteiger partial charge >= 0.3 is 0 Å². The molecular formula is C16H22N2O4S2. The van der Waals surface area contributed by atoms with Crippen molar-refractivity contribution in [1.29, 1.82) is 0 Å². The zero-order valence-corrected chi connectivity index (χ0v) is 15.8. The summed E-state index contributed by atoms with van der Waals surface area (Å²) in [4.78, 5) is 4.31. The number of aromatic nitrogens is 1. The molecule has 0 fully saturated rings. The topological polar surface area (TPSA) is 77.5 Å². The fourth-order valence-corrected chi connectivity index (χ4v) is 4.50. The van der Waals surface area contributed by atoms with Crippen molar-refractivity contribution in [3.8, 4) is 11.5 Å². The lowest BCUT2D eigenvalue weighted by Gasteiger charge is -2.19. The van der Waals surface area contributed by atoms with Crippen molar-refractivity contribution >= 4 is 21.4 Å². The summed E-state index contributed by atoms with van der Waals surface area (Å²) >= 11 is 1.43.